The molecule has 1 aromatic carbocycles. The zero-order chi connectivity index (χ0) is 18.7. The first-order valence-electron chi connectivity index (χ1n) is 8.78. The molecule has 6 nitrogen and oxygen atoms in total. The fraction of sp³-hybridized carbons (Fsp3) is 0.500. The number of rotatable bonds is 2. The average Bonchev–Trinajstić information content (AvgIpc) is 2.90. The highest BCUT2D eigenvalue weighted by molar-refractivity contribution is 7.99. The van der Waals surface area contributed by atoms with E-state index < -0.39 is 17.8 Å². The Hall–Kier alpha value is -2.09. The van der Waals surface area contributed by atoms with E-state index in [1.807, 2.05) is 6.07 Å². The smallest absolute Gasteiger partial charge is 0.327 e. The van der Waals surface area contributed by atoms with E-state index in [2.05, 4.69) is 0 Å². The Morgan fingerprint density at radius 1 is 1.15 bits per heavy atom. The van der Waals surface area contributed by atoms with Gasteiger partial charge in [-0.3, -0.25) is 14.5 Å². The molecule has 2 fully saturated rings. The Balaban J connectivity index is 1.66. The minimum atomic E-state index is -0.759. The van der Waals surface area contributed by atoms with Crippen molar-refractivity contribution in [2.45, 2.75) is 18.6 Å². The molecular formula is C18H22FN3O3S. The largest absolute Gasteiger partial charge is 0.333 e. The highest BCUT2D eigenvalue weighted by Crippen LogP contribution is 2.35. The lowest BCUT2D eigenvalue weighted by Crippen LogP contribution is -2.58. The fourth-order valence-corrected chi connectivity index (χ4v) is 4.53. The zero-order valence-electron chi connectivity index (χ0n) is 14.7. The van der Waals surface area contributed by atoms with Crippen LogP contribution in [0, 0.1) is 5.82 Å². The number of carbonyl (C=O) groups excluding carboxylic acids is 3. The zero-order valence-corrected chi connectivity index (χ0v) is 15.5. The van der Waals surface area contributed by atoms with Crippen molar-refractivity contribution < 1.29 is 18.8 Å². The summed E-state index contributed by atoms with van der Waals surface area (Å²) in [4.78, 5) is 41.1. The third-order valence-corrected chi connectivity index (χ3v) is 6.10. The average molecular weight is 379 g/mol. The van der Waals surface area contributed by atoms with E-state index in [0.717, 1.165) is 4.90 Å². The summed E-state index contributed by atoms with van der Waals surface area (Å²) >= 11 is 1.61. The molecule has 0 N–H and O–H groups in total. The van der Waals surface area contributed by atoms with E-state index in [1.165, 1.54) is 11.0 Å². The van der Waals surface area contributed by atoms with Crippen LogP contribution in [-0.4, -0.2) is 71.0 Å². The van der Waals surface area contributed by atoms with Crippen molar-refractivity contribution in [3.8, 4) is 0 Å². The first-order valence-corrected chi connectivity index (χ1v) is 9.83. The predicted octanol–water partition coefficient (Wildman–Crippen LogP) is 2.12. The molecule has 2 aliphatic heterocycles. The maximum Gasteiger partial charge on any atom is 0.327 e. The summed E-state index contributed by atoms with van der Waals surface area (Å²) in [6.07, 6.45) is 0.606. The number of benzene rings is 1. The fourth-order valence-electron chi connectivity index (χ4n) is 3.28. The van der Waals surface area contributed by atoms with Crippen LogP contribution in [0.25, 0.3) is 0 Å². The van der Waals surface area contributed by atoms with E-state index in [9.17, 15) is 18.8 Å². The van der Waals surface area contributed by atoms with Crippen LogP contribution in [-0.2, 0) is 9.59 Å². The van der Waals surface area contributed by atoms with Gasteiger partial charge in [0.15, 0.2) is 0 Å². The number of hydrogen-bond acceptors (Lipinski definition) is 4. The van der Waals surface area contributed by atoms with Crippen molar-refractivity contribution in [2.24, 2.45) is 0 Å². The van der Waals surface area contributed by atoms with E-state index >= 15 is 0 Å². The van der Waals surface area contributed by atoms with Gasteiger partial charge < -0.3 is 9.80 Å². The predicted molar refractivity (Wildman–Crippen MR) is 97.2 cm³/mol. The molecule has 0 bridgehead atoms. The standard InChI is InChI=1S/C18H22FN3O3S/c1-2-20-9-10-22(17(24)16(20)23)18(25)21-8-7-15(26-12-11-21)13-5-3-4-6-14(13)19/h3-6,15H,2,7-12H2,1H3. The number of hydrogen-bond donors (Lipinski definition) is 0. The Morgan fingerprint density at radius 3 is 2.65 bits per heavy atom. The summed E-state index contributed by atoms with van der Waals surface area (Å²) in [5, 5.41) is -0.0247. The van der Waals surface area contributed by atoms with E-state index in [1.54, 1.807) is 35.7 Å². The molecule has 1 aromatic rings. The molecule has 26 heavy (non-hydrogen) atoms. The molecule has 0 spiro atoms. The Morgan fingerprint density at radius 2 is 1.92 bits per heavy atom. The van der Waals surface area contributed by atoms with Crippen LogP contribution in [0.15, 0.2) is 24.3 Å². The number of thioether (sulfide) groups is 1. The second-order valence-corrected chi connectivity index (χ2v) is 7.59. The Kier molecular flexibility index (Phi) is 5.80. The molecule has 3 rings (SSSR count). The van der Waals surface area contributed by atoms with Crippen LogP contribution < -0.4 is 0 Å². The van der Waals surface area contributed by atoms with Gasteiger partial charge in [-0.1, -0.05) is 18.2 Å². The SMILES string of the molecule is CCN1CCN(C(=O)N2CCSC(c3ccccc3F)CC2)C(=O)C1=O. The van der Waals surface area contributed by atoms with Crippen molar-refractivity contribution >= 4 is 29.6 Å². The number of piperazine rings is 1. The number of urea groups is 1. The molecule has 1 unspecified atom stereocenters. The van der Waals surface area contributed by atoms with Gasteiger partial charge in [-0.15, -0.1) is 0 Å². The van der Waals surface area contributed by atoms with Crippen LogP contribution in [0.1, 0.15) is 24.2 Å². The van der Waals surface area contributed by atoms with Crippen LogP contribution in [0.3, 0.4) is 0 Å². The van der Waals surface area contributed by atoms with Crippen molar-refractivity contribution in [1.82, 2.24) is 14.7 Å². The highest BCUT2D eigenvalue weighted by Gasteiger charge is 2.37. The molecule has 2 aliphatic rings. The number of likely N-dealkylation sites (N-methyl/N-ethyl adjacent to an activating group) is 1. The number of carbonyl (C=O) groups is 3. The van der Waals surface area contributed by atoms with Crippen LogP contribution in [0.2, 0.25) is 0 Å². The van der Waals surface area contributed by atoms with Crippen molar-refractivity contribution in [2.75, 3.05) is 38.5 Å². The van der Waals surface area contributed by atoms with Gasteiger partial charge in [0, 0.05) is 49.3 Å². The van der Waals surface area contributed by atoms with Crippen LogP contribution in [0.4, 0.5) is 9.18 Å². The minimum absolute atomic E-state index is 0.0247. The first-order chi connectivity index (χ1) is 12.5. The van der Waals surface area contributed by atoms with Gasteiger partial charge in [-0.25, -0.2) is 9.18 Å². The molecule has 0 aromatic heterocycles. The van der Waals surface area contributed by atoms with Crippen molar-refractivity contribution in [3.05, 3.63) is 35.6 Å². The number of halogens is 1. The molecule has 2 saturated heterocycles. The van der Waals surface area contributed by atoms with E-state index in [-0.39, 0.29) is 17.6 Å². The van der Waals surface area contributed by atoms with Gasteiger partial charge in [-0.05, 0) is 19.4 Å². The van der Waals surface area contributed by atoms with Gasteiger partial charge in [0.2, 0.25) is 0 Å². The van der Waals surface area contributed by atoms with Gasteiger partial charge in [0.1, 0.15) is 5.82 Å². The maximum atomic E-state index is 14.0. The van der Waals surface area contributed by atoms with Crippen molar-refractivity contribution in [1.29, 1.82) is 0 Å². The van der Waals surface area contributed by atoms with Gasteiger partial charge in [0.05, 0.1) is 0 Å². The van der Waals surface area contributed by atoms with Gasteiger partial charge in [-0.2, -0.15) is 11.8 Å². The monoisotopic (exact) mass is 379 g/mol. The minimum Gasteiger partial charge on any atom is -0.333 e. The molecule has 0 aliphatic carbocycles. The topological polar surface area (TPSA) is 60.9 Å². The first kappa shape index (κ1) is 18.7. The maximum absolute atomic E-state index is 14.0. The Labute approximate surface area is 156 Å². The lowest BCUT2D eigenvalue weighted by molar-refractivity contribution is -0.153. The molecule has 1 atom stereocenters. The third kappa shape index (κ3) is 3.70. The second-order valence-electron chi connectivity index (χ2n) is 6.28. The number of amides is 4. The van der Waals surface area contributed by atoms with E-state index in [4.69, 9.17) is 0 Å². The van der Waals surface area contributed by atoms with Crippen molar-refractivity contribution in [3.63, 3.8) is 0 Å². The molecule has 140 valence electrons. The summed E-state index contributed by atoms with van der Waals surface area (Å²) in [5.41, 5.74) is 0.648. The molecule has 4 amide bonds. The summed E-state index contributed by atoms with van der Waals surface area (Å²) < 4.78 is 14.0. The normalized spacial score (nSPS) is 21.8. The lowest BCUT2D eigenvalue weighted by atomic mass is 10.1. The third-order valence-electron chi connectivity index (χ3n) is 4.79. The Bertz CT molecular complexity index is 715. The number of imide groups is 1. The molecule has 2 heterocycles. The summed E-state index contributed by atoms with van der Waals surface area (Å²) in [6, 6.07) is 6.27. The molecular weight excluding hydrogens is 357 g/mol. The molecule has 8 heteroatoms. The van der Waals surface area contributed by atoms with Gasteiger partial charge in [0.25, 0.3) is 0 Å². The summed E-state index contributed by atoms with van der Waals surface area (Å²) in [6.45, 7) is 3.75. The van der Waals surface area contributed by atoms with E-state index in [0.29, 0.717) is 43.9 Å². The quantitative estimate of drug-likeness (QED) is 0.739. The molecule has 0 saturated carbocycles. The van der Waals surface area contributed by atoms with Crippen LogP contribution in [0.5, 0.6) is 0 Å². The summed E-state index contributed by atoms with van der Waals surface area (Å²) in [5.74, 6) is -0.964. The van der Waals surface area contributed by atoms with Gasteiger partial charge >= 0.3 is 17.8 Å². The summed E-state index contributed by atoms with van der Waals surface area (Å²) in [7, 11) is 0. The second kappa shape index (κ2) is 8.07. The highest BCUT2D eigenvalue weighted by atomic mass is 32.2. The lowest BCUT2D eigenvalue weighted by Gasteiger charge is -2.34. The molecule has 0 radical (unpaired) electrons. The number of nitrogens with zero attached hydrogens (tertiary/aromatic N) is 3. The van der Waals surface area contributed by atoms with Crippen LogP contribution >= 0.6 is 11.8 Å².